The highest BCUT2D eigenvalue weighted by molar-refractivity contribution is 4.96. The van der Waals surface area contributed by atoms with Crippen molar-refractivity contribution in [2.24, 2.45) is 17.3 Å². The van der Waals surface area contributed by atoms with Crippen molar-refractivity contribution in [1.29, 1.82) is 0 Å². The molecule has 0 heteroatoms. The SMILES string of the molecule is C[C@H]1CC2CCC1(C)C2. The van der Waals surface area contributed by atoms with Crippen molar-refractivity contribution < 1.29 is 0 Å². The van der Waals surface area contributed by atoms with Crippen LogP contribution in [0.15, 0.2) is 0 Å². The van der Waals surface area contributed by atoms with Gasteiger partial charge in [0, 0.05) is 0 Å². The van der Waals surface area contributed by atoms with Gasteiger partial charge in [0.2, 0.25) is 0 Å². The lowest BCUT2D eigenvalue weighted by Crippen LogP contribution is -2.18. The first-order valence-electron chi connectivity index (χ1n) is 4.21. The summed E-state index contributed by atoms with van der Waals surface area (Å²) < 4.78 is 0. The first-order chi connectivity index (χ1) is 4.21. The lowest BCUT2D eigenvalue weighted by atomic mass is 9.78. The molecule has 2 bridgehead atoms. The van der Waals surface area contributed by atoms with E-state index in [-0.39, 0.29) is 0 Å². The summed E-state index contributed by atoms with van der Waals surface area (Å²) in [5.41, 5.74) is 0.769. The normalized spacial score (nSPS) is 56.7. The van der Waals surface area contributed by atoms with Gasteiger partial charge in [-0.2, -0.15) is 0 Å². The largest absolute Gasteiger partial charge is 0.0620 e. The molecule has 2 fully saturated rings. The third kappa shape index (κ3) is 0.653. The molecular weight excluding hydrogens is 108 g/mol. The minimum atomic E-state index is 0.769. The molecule has 2 aliphatic carbocycles. The molecule has 52 valence electrons. The second-order valence-electron chi connectivity index (χ2n) is 4.40. The average molecular weight is 124 g/mol. The molecule has 0 heterocycles. The molecule has 0 N–H and O–H groups in total. The minimum absolute atomic E-state index is 0.769. The van der Waals surface area contributed by atoms with Gasteiger partial charge in [0.05, 0.1) is 0 Å². The fraction of sp³-hybridized carbons (Fsp3) is 1.00. The van der Waals surface area contributed by atoms with Gasteiger partial charge in [-0.25, -0.2) is 0 Å². The molecule has 0 radical (unpaired) electrons. The fourth-order valence-electron chi connectivity index (χ4n) is 2.83. The standard InChI is InChI=1S/C9H16/c1-7-5-8-3-4-9(7,2)6-8/h7-8H,3-6H2,1-2H3/t7-,8?,9?/m0/s1. The van der Waals surface area contributed by atoms with Crippen molar-refractivity contribution in [2.75, 3.05) is 0 Å². The van der Waals surface area contributed by atoms with Crippen LogP contribution in [0.2, 0.25) is 0 Å². The van der Waals surface area contributed by atoms with Gasteiger partial charge in [0.15, 0.2) is 0 Å². The Hall–Kier alpha value is 0. The van der Waals surface area contributed by atoms with Gasteiger partial charge >= 0.3 is 0 Å². The summed E-state index contributed by atoms with van der Waals surface area (Å²) in [4.78, 5) is 0. The van der Waals surface area contributed by atoms with E-state index >= 15 is 0 Å². The number of hydrogen-bond acceptors (Lipinski definition) is 0. The fourth-order valence-corrected chi connectivity index (χ4v) is 2.83. The second kappa shape index (κ2) is 1.53. The molecule has 0 saturated heterocycles. The summed E-state index contributed by atoms with van der Waals surface area (Å²) in [5.74, 6) is 2.14. The number of rotatable bonds is 0. The van der Waals surface area contributed by atoms with Crippen LogP contribution >= 0.6 is 0 Å². The highest BCUT2D eigenvalue weighted by Gasteiger charge is 2.46. The molecule has 2 aliphatic rings. The van der Waals surface area contributed by atoms with E-state index in [1.54, 1.807) is 0 Å². The lowest BCUT2D eigenvalue weighted by molar-refractivity contribution is 0.229. The zero-order chi connectivity index (χ0) is 6.48. The Labute approximate surface area is 57.6 Å². The predicted octanol–water partition coefficient (Wildman–Crippen LogP) is 2.83. The Morgan fingerprint density at radius 3 is 2.44 bits per heavy atom. The van der Waals surface area contributed by atoms with Gasteiger partial charge in [0.1, 0.15) is 0 Å². The van der Waals surface area contributed by atoms with Gasteiger partial charge in [-0.1, -0.05) is 13.8 Å². The summed E-state index contributed by atoms with van der Waals surface area (Å²) in [5, 5.41) is 0. The molecule has 3 atom stereocenters. The molecule has 0 aromatic heterocycles. The van der Waals surface area contributed by atoms with E-state index in [4.69, 9.17) is 0 Å². The van der Waals surface area contributed by atoms with Gasteiger partial charge in [-0.3, -0.25) is 0 Å². The Kier molecular flexibility index (Phi) is 0.980. The van der Waals surface area contributed by atoms with E-state index in [2.05, 4.69) is 13.8 Å². The van der Waals surface area contributed by atoms with Crippen LogP contribution in [-0.4, -0.2) is 0 Å². The Balaban J connectivity index is 2.22. The summed E-state index contributed by atoms with van der Waals surface area (Å²) in [6, 6.07) is 0. The first kappa shape index (κ1) is 5.76. The molecule has 0 aromatic rings. The summed E-state index contributed by atoms with van der Waals surface area (Å²) in [6.45, 7) is 4.91. The van der Waals surface area contributed by atoms with E-state index < -0.39 is 0 Å². The van der Waals surface area contributed by atoms with Crippen molar-refractivity contribution in [3.63, 3.8) is 0 Å². The molecule has 2 saturated carbocycles. The average Bonchev–Trinajstić information content (AvgIpc) is 2.22. The van der Waals surface area contributed by atoms with Crippen LogP contribution in [0.3, 0.4) is 0 Å². The van der Waals surface area contributed by atoms with E-state index in [0.29, 0.717) is 0 Å². The van der Waals surface area contributed by atoms with Crippen molar-refractivity contribution in [3.05, 3.63) is 0 Å². The van der Waals surface area contributed by atoms with E-state index in [1.165, 1.54) is 25.7 Å². The van der Waals surface area contributed by atoms with Crippen molar-refractivity contribution in [1.82, 2.24) is 0 Å². The van der Waals surface area contributed by atoms with Crippen LogP contribution in [0.5, 0.6) is 0 Å². The quantitative estimate of drug-likeness (QED) is 0.466. The zero-order valence-corrected chi connectivity index (χ0v) is 6.48. The third-order valence-electron chi connectivity index (χ3n) is 3.76. The maximum Gasteiger partial charge on any atom is -0.0297 e. The smallest absolute Gasteiger partial charge is 0.0297 e. The maximum atomic E-state index is 2.48. The van der Waals surface area contributed by atoms with Gasteiger partial charge in [-0.05, 0) is 42.9 Å². The molecule has 0 nitrogen and oxygen atoms in total. The van der Waals surface area contributed by atoms with Crippen LogP contribution in [-0.2, 0) is 0 Å². The molecule has 0 aliphatic heterocycles. The number of hydrogen-bond donors (Lipinski definition) is 0. The molecule has 0 amide bonds. The second-order valence-corrected chi connectivity index (χ2v) is 4.40. The molecule has 9 heavy (non-hydrogen) atoms. The van der Waals surface area contributed by atoms with Gasteiger partial charge in [-0.15, -0.1) is 0 Å². The van der Waals surface area contributed by atoms with Crippen LogP contribution in [0.4, 0.5) is 0 Å². The Morgan fingerprint density at radius 1 is 1.44 bits per heavy atom. The topological polar surface area (TPSA) is 0 Å². The summed E-state index contributed by atoms with van der Waals surface area (Å²) in [6.07, 6.45) is 6.10. The number of fused-ring (bicyclic) bond motifs is 2. The third-order valence-corrected chi connectivity index (χ3v) is 3.76. The lowest BCUT2D eigenvalue weighted by Gasteiger charge is -2.27. The van der Waals surface area contributed by atoms with Crippen LogP contribution < -0.4 is 0 Å². The monoisotopic (exact) mass is 124 g/mol. The minimum Gasteiger partial charge on any atom is -0.0620 e. The van der Waals surface area contributed by atoms with E-state index in [9.17, 15) is 0 Å². The molecular formula is C9H16. The van der Waals surface area contributed by atoms with Crippen molar-refractivity contribution in [3.8, 4) is 0 Å². The van der Waals surface area contributed by atoms with Crippen LogP contribution in [0.1, 0.15) is 39.5 Å². The summed E-state index contributed by atoms with van der Waals surface area (Å²) >= 11 is 0. The molecule has 2 unspecified atom stereocenters. The maximum absolute atomic E-state index is 2.48. The predicted molar refractivity (Wildman–Crippen MR) is 39.2 cm³/mol. The van der Waals surface area contributed by atoms with Crippen LogP contribution in [0.25, 0.3) is 0 Å². The highest BCUT2D eigenvalue weighted by Crippen LogP contribution is 2.56. The molecule has 2 rings (SSSR count). The Morgan fingerprint density at radius 2 is 2.22 bits per heavy atom. The zero-order valence-electron chi connectivity index (χ0n) is 6.48. The molecule has 0 aromatic carbocycles. The van der Waals surface area contributed by atoms with Gasteiger partial charge < -0.3 is 0 Å². The van der Waals surface area contributed by atoms with Crippen molar-refractivity contribution >= 4 is 0 Å². The van der Waals surface area contributed by atoms with Crippen LogP contribution in [0, 0.1) is 17.3 Å². The molecule has 0 spiro atoms. The Bertz CT molecular complexity index is 128. The van der Waals surface area contributed by atoms with E-state index in [1.807, 2.05) is 0 Å². The highest BCUT2D eigenvalue weighted by atomic mass is 14.5. The first-order valence-corrected chi connectivity index (χ1v) is 4.21. The summed E-state index contributed by atoms with van der Waals surface area (Å²) in [7, 11) is 0. The van der Waals surface area contributed by atoms with E-state index in [0.717, 1.165) is 17.3 Å². The van der Waals surface area contributed by atoms with Gasteiger partial charge in [0.25, 0.3) is 0 Å². The van der Waals surface area contributed by atoms with Crippen molar-refractivity contribution in [2.45, 2.75) is 39.5 Å².